The van der Waals surface area contributed by atoms with Crippen LogP contribution in [-0.4, -0.2) is 62.6 Å². The Labute approximate surface area is 303 Å². The van der Waals surface area contributed by atoms with Crippen molar-refractivity contribution in [1.82, 2.24) is 4.90 Å². The number of hydrogen-bond donors (Lipinski definition) is 0. The molecule has 0 spiro atoms. The van der Waals surface area contributed by atoms with Gasteiger partial charge in [0.25, 0.3) is 0 Å². The van der Waals surface area contributed by atoms with E-state index in [1.165, 1.54) is 31.9 Å². The lowest BCUT2D eigenvalue weighted by Gasteiger charge is -2.39. The van der Waals surface area contributed by atoms with Crippen LogP contribution in [0.3, 0.4) is 0 Å². The summed E-state index contributed by atoms with van der Waals surface area (Å²) in [5.74, 6) is 0.705. The SMILES string of the molecule is COc1ccccc1N1CCN(CCC(c2ccccc2F)C(OC(C)=O)C2CCCCC2)CC1.O=C(Cc1ccccc1F)C1CCCCC1. The van der Waals surface area contributed by atoms with E-state index in [9.17, 15) is 14.0 Å². The smallest absolute Gasteiger partial charge is 0.302 e. The van der Waals surface area contributed by atoms with E-state index in [-0.39, 0.29) is 47.7 Å². The largest absolute Gasteiger partial charge is 0.495 e. The fraction of sp³-hybridized carbons (Fsp3) is 0.535. The summed E-state index contributed by atoms with van der Waals surface area (Å²) in [5, 5.41) is 0. The van der Waals surface area contributed by atoms with Gasteiger partial charge in [0.1, 0.15) is 29.3 Å². The van der Waals surface area contributed by atoms with Gasteiger partial charge in [-0.1, -0.05) is 87.1 Å². The van der Waals surface area contributed by atoms with Gasteiger partial charge in [0.05, 0.1) is 12.8 Å². The Hall–Kier alpha value is -3.78. The van der Waals surface area contributed by atoms with Gasteiger partial charge in [0, 0.05) is 51.4 Å². The highest BCUT2D eigenvalue weighted by Gasteiger charge is 2.36. The molecular formula is C43H56F2N2O4. The molecular weight excluding hydrogens is 646 g/mol. The van der Waals surface area contributed by atoms with E-state index >= 15 is 4.39 Å². The topological polar surface area (TPSA) is 59.1 Å². The lowest BCUT2D eigenvalue weighted by atomic mass is 9.76. The van der Waals surface area contributed by atoms with Crippen molar-refractivity contribution in [3.63, 3.8) is 0 Å². The number of methoxy groups -OCH3 is 1. The number of carbonyl (C=O) groups is 2. The number of anilines is 1. The Kier molecular flexibility index (Phi) is 14.9. The Morgan fingerprint density at radius 2 is 1.37 bits per heavy atom. The fourth-order valence-corrected chi connectivity index (χ4v) is 8.26. The maximum atomic E-state index is 15.0. The molecule has 2 saturated carbocycles. The van der Waals surface area contributed by atoms with E-state index in [2.05, 4.69) is 15.9 Å². The van der Waals surface area contributed by atoms with Crippen LogP contribution in [0.25, 0.3) is 0 Å². The molecule has 3 aromatic carbocycles. The van der Waals surface area contributed by atoms with Crippen LogP contribution in [0, 0.1) is 23.5 Å². The average molecular weight is 703 g/mol. The number of halogens is 2. The zero-order chi connectivity index (χ0) is 36.0. The highest BCUT2D eigenvalue weighted by atomic mass is 19.1. The average Bonchev–Trinajstić information content (AvgIpc) is 3.17. The van der Waals surface area contributed by atoms with E-state index < -0.39 is 0 Å². The number of benzene rings is 3. The summed E-state index contributed by atoms with van der Waals surface area (Å²) in [6.45, 7) is 6.03. The van der Waals surface area contributed by atoms with Crippen LogP contribution in [-0.2, 0) is 20.7 Å². The van der Waals surface area contributed by atoms with Crippen LogP contribution in [0.2, 0.25) is 0 Å². The number of para-hydroxylation sites is 2. The highest BCUT2D eigenvalue weighted by Crippen LogP contribution is 2.39. The van der Waals surface area contributed by atoms with Gasteiger partial charge in [0.2, 0.25) is 0 Å². The number of rotatable bonds is 12. The van der Waals surface area contributed by atoms with Crippen molar-refractivity contribution < 1.29 is 27.8 Å². The molecule has 2 aliphatic carbocycles. The molecule has 0 amide bonds. The van der Waals surface area contributed by atoms with Gasteiger partial charge in [-0.3, -0.25) is 14.5 Å². The molecule has 3 fully saturated rings. The third kappa shape index (κ3) is 11.1. The second kappa shape index (κ2) is 19.7. The molecule has 0 aromatic heterocycles. The molecule has 0 bridgehead atoms. The van der Waals surface area contributed by atoms with E-state index in [1.807, 2.05) is 30.3 Å². The quantitative estimate of drug-likeness (QED) is 0.176. The number of ether oxygens (including phenoxy) is 2. The Balaban J connectivity index is 0.000000262. The summed E-state index contributed by atoms with van der Waals surface area (Å²) in [6.07, 6.45) is 11.9. The molecule has 3 aromatic rings. The van der Waals surface area contributed by atoms with Crippen LogP contribution in [0.5, 0.6) is 5.75 Å². The Morgan fingerprint density at radius 3 is 2.02 bits per heavy atom. The lowest BCUT2D eigenvalue weighted by molar-refractivity contribution is -0.151. The second-order valence-corrected chi connectivity index (χ2v) is 14.5. The van der Waals surface area contributed by atoms with Crippen LogP contribution >= 0.6 is 0 Å². The van der Waals surface area contributed by atoms with Crippen LogP contribution in [0.15, 0.2) is 72.8 Å². The number of Topliss-reactive ketones (excluding diaryl/α,β-unsaturated/α-hetero) is 1. The molecule has 1 heterocycles. The summed E-state index contributed by atoms with van der Waals surface area (Å²) >= 11 is 0. The first-order chi connectivity index (χ1) is 24.8. The van der Waals surface area contributed by atoms with Gasteiger partial charge in [-0.2, -0.15) is 0 Å². The number of ketones is 1. The van der Waals surface area contributed by atoms with Crippen molar-refractivity contribution in [2.24, 2.45) is 11.8 Å². The van der Waals surface area contributed by atoms with Crippen molar-refractivity contribution >= 4 is 17.4 Å². The van der Waals surface area contributed by atoms with Crippen LogP contribution in [0.1, 0.15) is 94.6 Å². The monoisotopic (exact) mass is 702 g/mol. The van der Waals surface area contributed by atoms with Crippen molar-refractivity contribution in [2.45, 2.75) is 96.0 Å². The zero-order valence-electron chi connectivity index (χ0n) is 30.5. The van der Waals surface area contributed by atoms with Gasteiger partial charge in [0.15, 0.2) is 0 Å². The van der Waals surface area contributed by atoms with Crippen LogP contribution in [0.4, 0.5) is 14.5 Å². The lowest BCUT2D eigenvalue weighted by Crippen LogP contribution is -2.47. The van der Waals surface area contributed by atoms with Crippen molar-refractivity contribution in [3.8, 4) is 5.75 Å². The minimum absolute atomic E-state index is 0.143. The fourth-order valence-electron chi connectivity index (χ4n) is 8.26. The number of piperazine rings is 1. The standard InChI is InChI=1S/C29H39FN2O3.C14H17FO/c1-22(33)35-29(23-10-4-3-5-11-23)25(24-12-6-7-13-26(24)30)16-17-31-18-20-32(21-19-31)27-14-8-9-15-28(27)34-2;15-13-9-5-4-8-12(13)10-14(16)11-6-2-1-3-7-11/h6-9,12-15,23,25,29H,3-5,10-11,16-21H2,1-2H3;4-5,8-9,11H,1-3,6-7,10H2. The summed E-state index contributed by atoms with van der Waals surface area (Å²) in [4.78, 5) is 28.9. The minimum Gasteiger partial charge on any atom is -0.495 e. The maximum Gasteiger partial charge on any atom is 0.302 e. The molecule has 276 valence electrons. The predicted molar refractivity (Wildman–Crippen MR) is 199 cm³/mol. The molecule has 6 nitrogen and oxygen atoms in total. The third-order valence-electron chi connectivity index (χ3n) is 11.1. The predicted octanol–water partition coefficient (Wildman–Crippen LogP) is 9.16. The molecule has 2 unspecified atom stereocenters. The maximum absolute atomic E-state index is 15.0. The van der Waals surface area contributed by atoms with Gasteiger partial charge in [-0.05, 0) is 80.0 Å². The molecule has 2 atom stereocenters. The Bertz CT molecular complexity index is 1530. The molecule has 0 N–H and O–H groups in total. The van der Waals surface area contributed by atoms with Gasteiger partial charge >= 0.3 is 5.97 Å². The van der Waals surface area contributed by atoms with E-state index in [0.717, 1.165) is 102 Å². The number of nitrogens with zero attached hydrogens (tertiary/aromatic N) is 2. The van der Waals surface area contributed by atoms with Crippen molar-refractivity contribution in [3.05, 3.63) is 95.6 Å². The molecule has 1 aliphatic heterocycles. The number of hydrogen-bond acceptors (Lipinski definition) is 6. The molecule has 51 heavy (non-hydrogen) atoms. The number of esters is 1. The normalized spacial score (nSPS) is 18.6. The second-order valence-electron chi connectivity index (χ2n) is 14.5. The first-order valence-electron chi connectivity index (χ1n) is 19.1. The molecule has 0 radical (unpaired) electrons. The van der Waals surface area contributed by atoms with Gasteiger partial charge in [-0.15, -0.1) is 0 Å². The minimum atomic E-state index is -0.278. The number of carbonyl (C=O) groups excluding carboxylic acids is 2. The van der Waals surface area contributed by atoms with Gasteiger partial charge < -0.3 is 14.4 Å². The summed E-state index contributed by atoms with van der Waals surface area (Å²) in [5.41, 5.74) is 2.35. The van der Waals surface area contributed by atoms with Crippen molar-refractivity contribution in [1.29, 1.82) is 0 Å². The van der Waals surface area contributed by atoms with Crippen LogP contribution < -0.4 is 9.64 Å². The summed E-state index contributed by atoms with van der Waals surface area (Å²) in [6, 6.07) is 21.7. The summed E-state index contributed by atoms with van der Waals surface area (Å²) < 4.78 is 39.9. The molecule has 1 saturated heterocycles. The first-order valence-corrected chi connectivity index (χ1v) is 19.1. The van der Waals surface area contributed by atoms with E-state index in [4.69, 9.17) is 9.47 Å². The Morgan fingerprint density at radius 1 is 0.765 bits per heavy atom. The van der Waals surface area contributed by atoms with E-state index in [0.29, 0.717) is 17.0 Å². The highest BCUT2D eigenvalue weighted by molar-refractivity contribution is 5.83. The van der Waals surface area contributed by atoms with Gasteiger partial charge in [-0.25, -0.2) is 8.78 Å². The summed E-state index contributed by atoms with van der Waals surface area (Å²) in [7, 11) is 1.71. The van der Waals surface area contributed by atoms with Crippen molar-refractivity contribution in [2.75, 3.05) is 44.7 Å². The third-order valence-corrected chi connectivity index (χ3v) is 11.1. The first kappa shape index (κ1) is 38.5. The zero-order valence-corrected chi connectivity index (χ0v) is 30.5. The molecule has 8 heteroatoms. The van der Waals surface area contributed by atoms with E-state index in [1.54, 1.807) is 31.4 Å². The molecule has 3 aliphatic rings. The molecule has 6 rings (SSSR count).